The Kier molecular flexibility index (Phi) is 4.38. The molecule has 0 atom stereocenters. The van der Waals surface area contributed by atoms with Gasteiger partial charge < -0.3 is 0 Å². The van der Waals surface area contributed by atoms with Crippen molar-refractivity contribution < 1.29 is 13.7 Å². The van der Waals surface area contributed by atoms with Crippen LogP contribution in [0.1, 0.15) is 12.0 Å². The lowest BCUT2D eigenvalue weighted by atomic mass is 10.1. The molecule has 0 aliphatic heterocycles. The Morgan fingerprint density at radius 2 is 2.12 bits per heavy atom. The highest BCUT2D eigenvalue weighted by Gasteiger charge is 2.20. The predicted molar refractivity (Wildman–Crippen MR) is 58.3 cm³/mol. The Morgan fingerprint density at radius 3 is 2.69 bits per heavy atom. The molecule has 84 valence electrons. The summed E-state index contributed by atoms with van der Waals surface area (Å²) >= 11 is 3.11. The van der Waals surface area contributed by atoms with E-state index in [0.717, 1.165) is 6.07 Å². The largest absolute Gasteiger partial charge is 0.320 e. The Morgan fingerprint density at radius 1 is 1.44 bits per heavy atom. The molecule has 1 aromatic carbocycles. The van der Waals surface area contributed by atoms with Crippen molar-refractivity contribution in [3.63, 3.8) is 0 Å². The number of hydrogen-bond donors (Lipinski definition) is 0. The van der Waals surface area contributed by atoms with Gasteiger partial charge in [-0.1, -0.05) is 27.8 Å². The van der Waals surface area contributed by atoms with E-state index in [-0.39, 0.29) is 5.56 Å². The van der Waals surface area contributed by atoms with Crippen LogP contribution < -0.4 is 0 Å². The van der Waals surface area contributed by atoms with Crippen LogP contribution in [0.4, 0.5) is 14.5 Å². The van der Waals surface area contributed by atoms with Crippen LogP contribution in [0.15, 0.2) is 12.1 Å². The second-order valence-electron chi connectivity index (χ2n) is 2.78. The number of benzene rings is 1. The molecule has 1 rings (SSSR count). The van der Waals surface area contributed by atoms with Gasteiger partial charge in [0.25, 0.3) is 0 Å². The third-order valence-corrected chi connectivity index (χ3v) is 2.05. The minimum Gasteiger partial charge on any atom is -0.258 e. The first-order valence-corrected chi connectivity index (χ1v) is 5.36. The van der Waals surface area contributed by atoms with E-state index < -0.39 is 22.2 Å². The molecule has 1 aromatic rings. The summed E-state index contributed by atoms with van der Waals surface area (Å²) < 4.78 is 26.0. The highest BCUT2D eigenvalue weighted by molar-refractivity contribution is 9.09. The summed E-state index contributed by atoms with van der Waals surface area (Å²) in [6, 6.07) is 1.32. The third-order valence-electron chi connectivity index (χ3n) is 1.65. The molecule has 0 saturated carbocycles. The van der Waals surface area contributed by atoms with Gasteiger partial charge >= 0.3 is 5.69 Å². The minimum absolute atomic E-state index is 0.247. The number of alkyl halides is 1. The maximum absolute atomic E-state index is 13.1. The molecular formula is C10H6BrF2NO2. The van der Waals surface area contributed by atoms with E-state index in [1.807, 2.05) is 0 Å². The zero-order valence-corrected chi connectivity index (χ0v) is 9.55. The van der Waals surface area contributed by atoms with Crippen LogP contribution in [-0.4, -0.2) is 10.3 Å². The topological polar surface area (TPSA) is 43.1 Å². The smallest absolute Gasteiger partial charge is 0.258 e. The summed E-state index contributed by atoms with van der Waals surface area (Å²) in [4.78, 5) is 9.64. The van der Waals surface area contributed by atoms with Crippen molar-refractivity contribution in [3.05, 3.63) is 39.4 Å². The van der Waals surface area contributed by atoms with Gasteiger partial charge in [0.15, 0.2) is 0 Å². The molecule has 16 heavy (non-hydrogen) atoms. The first-order chi connectivity index (χ1) is 7.56. The summed E-state index contributed by atoms with van der Waals surface area (Å²) in [5.41, 5.74) is -1.04. The van der Waals surface area contributed by atoms with Crippen LogP contribution in [0.3, 0.4) is 0 Å². The third kappa shape index (κ3) is 3.00. The number of nitrogens with zero attached hydrogens (tertiary/aromatic N) is 1. The van der Waals surface area contributed by atoms with Crippen LogP contribution in [0.2, 0.25) is 0 Å². The lowest BCUT2D eigenvalue weighted by Gasteiger charge is -1.97. The number of rotatable bonds is 2. The highest BCUT2D eigenvalue weighted by Crippen LogP contribution is 2.23. The first-order valence-electron chi connectivity index (χ1n) is 4.24. The summed E-state index contributed by atoms with van der Waals surface area (Å²) in [5, 5.41) is 11.1. The molecule has 0 aromatic heterocycles. The molecule has 0 aliphatic rings. The quantitative estimate of drug-likeness (QED) is 0.364. The molecule has 6 heteroatoms. The highest BCUT2D eigenvalue weighted by atomic mass is 79.9. The monoisotopic (exact) mass is 289 g/mol. The van der Waals surface area contributed by atoms with Crippen LogP contribution in [0.25, 0.3) is 0 Å². The van der Waals surface area contributed by atoms with Gasteiger partial charge in [0.1, 0.15) is 11.4 Å². The Hall–Kier alpha value is -1.48. The number of halogens is 3. The SMILES string of the molecule is O=[N+]([O-])c1c(F)cc(F)cc1C#CCCBr. The van der Waals surface area contributed by atoms with E-state index in [0.29, 0.717) is 17.8 Å². The number of nitro benzene ring substituents is 1. The summed E-state index contributed by atoms with van der Waals surface area (Å²) in [5.74, 6) is 2.84. The van der Waals surface area contributed by atoms with Gasteiger partial charge in [-0.25, -0.2) is 4.39 Å². The molecule has 0 radical (unpaired) electrons. The normalized spacial score (nSPS) is 9.44. The van der Waals surface area contributed by atoms with Crippen LogP contribution >= 0.6 is 15.9 Å². The maximum atomic E-state index is 13.1. The van der Waals surface area contributed by atoms with E-state index in [2.05, 4.69) is 27.8 Å². The Bertz CT molecular complexity index is 480. The fraction of sp³-hybridized carbons (Fsp3) is 0.200. The van der Waals surface area contributed by atoms with Crippen molar-refractivity contribution in [3.8, 4) is 11.8 Å². The fourth-order valence-electron chi connectivity index (χ4n) is 1.05. The van der Waals surface area contributed by atoms with Gasteiger partial charge in [0.2, 0.25) is 5.82 Å². The van der Waals surface area contributed by atoms with Crippen molar-refractivity contribution in [1.29, 1.82) is 0 Å². The van der Waals surface area contributed by atoms with Crippen molar-refractivity contribution in [2.75, 3.05) is 5.33 Å². The number of nitro groups is 1. The molecule has 0 spiro atoms. The lowest BCUT2D eigenvalue weighted by molar-refractivity contribution is -0.387. The summed E-state index contributed by atoms with van der Waals surface area (Å²) in [6.45, 7) is 0. The summed E-state index contributed by atoms with van der Waals surface area (Å²) in [7, 11) is 0. The van der Waals surface area contributed by atoms with Crippen molar-refractivity contribution in [2.24, 2.45) is 0 Å². The lowest BCUT2D eigenvalue weighted by Crippen LogP contribution is -1.97. The standard InChI is InChI=1S/C10H6BrF2NO2/c11-4-2-1-3-7-5-8(12)6-9(13)10(7)14(15)16/h5-6H,2,4H2. The first kappa shape index (κ1) is 12.6. The van der Waals surface area contributed by atoms with Gasteiger partial charge in [0.05, 0.1) is 4.92 Å². The van der Waals surface area contributed by atoms with Gasteiger partial charge in [0, 0.05) is 17.8 Å². The zero-order chi connectivity index (χ0) is 12.1. The van der Waals surface area contributed by atoms with Gasteiger partial charge in [-0.05, 0) is 6.07 Å². The minimum atomic E-state index is -1.21. The van der Waals surface area contributed by atoms with E-state index >= 15 is 0 Å². The van der Waals surface area contributed by atoms with Crippen LogP contribution in [0.5, 0.6) is 0 Å². The molecule has 0 aliphatic carbocycles. The second kappa shape index (κ2) is 5.56. The Balaban J connectivity index is 3.26. The molecule has 0 fully saturated rings. The molecule has 0 saturated heterocycles. The van der Waals surface area contributed by atoms with E-state index in [1.165, 1.54) is 0 Å². The molecule has 0 heterocycles. The molecule has 0 bridgehead atoms. The molecule has 0 N–H and O–H groups in total. The van der Waals surface area contributed by atoms with Gasteiger partial charge in [-0.2, -0.15) is 4.39 Å². The predicted octanol–water partition coefficient (Wildman–Crippen LogP) is 3.01. The van der Waals surface area contributed by atoms with E-state index in [1.54, 1.807) is 0 Å². The van der Waals surface area contributed by atoms with Crippen molar-refractivity contribution in [2.45, 2.75) is 6.42 Å². The zero-order valence-electron chi connectivity index (χ0n) is 7.97. The summed E-state index contributed by atoms with van der Waals surface area (Å²) in [6.07, 6.45) is 0.440. The van der Waals surface area contributed by atoms with Gasteiger partial charge in [-0.3, -0.25) is 10.1 Å². The fourth-order valence-corrected chi connectivity index (χ4v) is 1.25. The maximum Gasteiger partial charge on any atom is 0.320 e. The number of hydrogen-bond acceptors (Lipinski definition) is 2. The molecule has 3 nitrogen and oxygen atoms in total. The molecular weight excluding hydrogens is 284 g/mol. The van der Waals surface area contributed by atoms with Crippen molar-refractivity contribution >= 4 is 21.6 Å². The van der Waals surface area contributed by atoms with Crippen LogP contribution in [-0.2, 0) is 0 Å². The Labute approximate surface area is 98.7 Å². The average molecular weight is 290 g/mol. The van der Waals surface area contributed by atoms with Gasteiger partial charge in [-0.15, -0.1) is 0 Å². The van der Waals surface area contributed by atoms with E-state index in [9.17, 15) is 18.9 Å². The van der Waals surface area contributed by atoms with Crippen LogP contribution in [0, 0.1) is 33.6 Å². The second-order valence-corrected chi connectivity index (χ2v) is 3.57. The average Bonchev–Trinajstić information content (AvgIpc) is 2.16. The molecule has 0 amide bonds. The van der Waals surface area contributed by atoms with E-state index in [4.69, 9.17) is 0 Å². The molecule has 0 unspecified atom stereocenters. The van der Waals surface area contributed by atoms with Crippen molar-refractivity contribution in [1.82, 2.24) is 0 Å².